The van der Waals surface area contributed by atoms with Gasteiger partial charge in [0, 0.05) is 28.4 Å². The van der Waals surface area contributed by atoms with Crippen LogP contribution in [0.1, 0.15) is 31.9 Å². The highest BCUT2D eigenvalue weighted by molar-refractivity contribution is 7.98. The number of nitrogens with one attached hydrogen (secondary N) is 1. The van der Waals surface area contributed by atoms with Crippen LogP contribution in [0.4, 0.5) is 4.39 Å². The summed E-state index contributed by atoms with van der Waals surface area (Å²) in [6.45, 7) is 4.07. The Bertz CT molecular complexity index is 401. The van der Waals surface area contributed by atoms with Gasteiger partial charge in [-0.05, 0) is 31.7 Å². The van der Waals surface area contributed by atoms with Crippen LogP contribution >= 0.6 is 35.0 Å². The predicted octanol–water partition coefficient (Wildman–Crippen LogP) is 4.92. The van der Waals surface area contributed by atoms with E-state index < -0.39 is 5.82 Å². The summed E-state index contributed by atoms with van der Waals surface area (Å²) in [5.74, 6) is 0.577. The predicted molar refractivity (Wildman–Crippen MR) is 80.4 cm³/mol. The fraction of sp³-hybridized carbons (Fsp3) is 0.538. The molecule has 1 rings (SSSR count). The van der Waals surface area contributed by atoms with E-state index >= 15 is 0 Å². The maximum absolute atomic E-state index is 13.5. The van der Waals surface area contributed by atoms with Crippen LogP contribution < -0.4 is 5.32 Å². The van der Waals surface area contributed by atoms with Gasteiger partial charge >= 0.3 is 0 Å². The van der Waals surface area contributed by atoms with E-state index in [-0.39, 0.29) is 11.1 Å². The van der Waals surface area contributed by atoms with Crippen molar-refractivity contribution in [2.75, 3.05) is 12.0 Å². The molecule has 0 heterocycles. The van der Waals surface area contributed by atoms with Crippen LogP contribution in [0.3, 0.4) is 0 Å². The molecule has 0 spiro atoms. The Hall–Kier alpha value is 0.0400. The summed E-state index contributed by atoms with van der Waals surface area (Å²) >= 11 is 13.9. The monoisotopic (exact) mass is 309 g/mol. The van der Waals surface area contributed by atoms with E-state index in [0.29, 0.717) is 16.6 Å². The number of thioether (sulfide) groups is 1. The van der Waals surface area contributed by atoms with Crippen LogP contribution in [0.5, 0.6) is 0 Å². The van der Waals surface area contributed by atoms with Gasteiger partial charge in [-0.25, -0.2) is 4.39 Å². The van der Waals surface area contributed by atoms with Crippen LogP contribution in [-0.4, -0.2) is 18.1 Å². The molecule has 0 radical (unpaired) electrons. The third kappa shape index (κ3) is 4.02. The van der Waals surface area contributed by atoms with Gasteiger partial charge in [-0.1, -0.05) is 30.1 Å². The van der Waals surface area contributed by atoms with Gasteiger partial charge in [-0.3, -0.25) is 0 Å². The second-order valence-electron chi connectivity index (χ2n) is 4.21. The highest BCUT2D eigenvalue weighted by Gasteiger charge is 2.19. The molecule has 1 N–H and O–H groups in total. The zero-order valence-corrected chi connectivity index (χ0v) is 13.1. The van der Waals surface area contributed by atoms with E-state index in [2.05, 4.69) is 18.5 Å². The first-order valence-corrected chi connectivity index (χ1v) is 8.04. The molecule has 2 unspecified atom stereocenters. The first kappa shape index (κ1) is 16.1. The molecular formula is C13H18Cl2FNS. The normalized spacial score (nSPS) is 14.6. The van der Waals surface area contributed by atoms with Gasteiger partial charge in [0.05, 0.1) is 5.02 Å². The number of rotatable bonds is 6. The molecule has 1 aromatic carbocycles. The van der Waals surface area contributed by atoms with Gasteiger partial charge < -0.3 is 5.32 Å². The van der Waals surface area contributed by atoms with Crippen LogP contribution in [0, 0.1) is 5.82 Å². The lowest BCUT2D eigenvalue weighted by Gasteiger charge is -2.23. The molecule has 1 aromatic rings. The Morgan fingerprint density at radius 1 is 1.39 bits per heavy atom. The lowest BCUT2D eigenvalue weighted by molar-refractivity contribution is 0.473. The first-order chi connectivity index (χ1) is 8.51. The fourth-order valence-corrected chi connectivity index (χ4v) is 3.29. The smallest absolute Gasteiger partial charge is 0.142 e. The molecule has 102 valence electrons. The molecule has 0 aliphatic heterocycles. The summed E-state index contributed by atoms with van der Waals surface area (Å²) in [4.78, 5) is 0. The van der Waals surface area contributed by atoms with Crippen molar-refractivity contribution in [3.8, 4) is 0 Å². The summed E-state index contributed by atoms with van der Waals surface area (Å²) in [6.07, 6.45) is 3.08. The lowest BCUT2D eigenvalue weighted by Crippen LogP contribution is -2.33. The SMILES string of the molecule is CCC(CSC)NC(C)c1c(Cl)ccc(F)c1Cl. The minimum atomic E-state index is -0.428. The third-order valence-corrected chi connectivity index (χ3v) is 4.31. The highest BCUT2D eigenvalue weighted by atomic mass is 35.5. The van der Waals surface area contributed by atoms with Gasteiger partial charge in [0.15, 0.2) is 0 Å². The molecule has 18 heavy (non-hydrogen) atoms. The van der Waals surface area contributed by atoms with Crippen molar-refractivity contribution in [3.63, 3.8) is 0 Å². The van der Waals surface area contributed by atoms with Crippen LogP contribution in [0.25, 0.3) is 0 Å². The minimum Gasteiger partial charge on any atom is -0.307 e. The summed E-state index contributed by atoms with van der Waals surface area (Å²) in [7, 11) is 0. The van der Waals surface area contributed by atoms with Crippen molar-refractivity contribution in [1.82, 2.24) is 5.32 Å². The molecule has 0 saturated heterocycles. The Labute approximate surface area is 122 Å². The van der Waals surface area contributed by atoms with E-state index in [1.807, 2.05) is 6.92 Å². The fourth-order valence-electron chi connectivity index (χ4n) is 1.86. The summed E-state index contributed by atoms with van der Waals surface area (Å²) in [6, 6.07) is 3.13. The van der Waals surface area contributed by atoms with Crippen LogP contribution in [0.2, 0.25) is 10.0 Å². The van der Waals surface area contributed by atoms with Gasteiger partial charge in [0.25, 0.3) is 0 Å². The molecule has 0 aliphatic rings. The number of halogens is 3. The molecule has 0 amide bonds. The molecule has 5 heteroatoms. The van der Waals surface area contributed by atoms with E-state index in [4.69, 9.17) is 23.2 Å². The highest BCUT2D eigenvalue weighted by Crippen LogP contribution is 2.32. The Balaban J connectivity index is 2.89. The molecule has 0 fully saturated rings. The van der Waals surface area contributed by atoms with Crippen molar-refractivity contribution in [1.29, 1.82) is 0 Å². The van der Waals surface area contributed by atoms with Gasteiger partial charge in [-0.2, -0.15) is 11.8 Å². The largest absolute Gasteiger partial charge is 0.307 e. The maximum atomic E-state index is 13.5. The molecular weight excluding hydrogens is 292 g/mol. The van der Waals surface area contributed by atoms with Gasteiger partial charge in [-0.15, -0.1) is 0 Å². The zero-order valence-electron chi connectivity index (χ0n) is 10.8. The lowest BCUT2D eigenvalue weighted by atomic mass is 10.1. The van der Waals surface area contributed by atoms with Crippen molar-refractivity contribution < 1.29 is 4.39 Å². The second kappa shape index (κ2) is 7.59. The number of hydrogen-bond acceptors (Lipinski definition) is 2. The van der Waals surface area contributed by atoms with Crippen LogP contribution in [0.15, 0.2) is 12.1 Å². The topological polar surface area (TPSA) is 12.0 Å². The van der Waals surface area contributed by atoms with E-state index in [9.17, 15) is 4.39 Å². The van der Waals surface area contributed by atoms with Gasteiger partial charge in [0.2, 0.25) is 0 Å². The molecule has 0 aromatic heterocycles. The molecule has 0 bridgehead atoms. The van der Waals surface area contributed by atoms with Crippen molar-refractivity contribution in [3.05, 3.63) is 33.6 Å². The molecule has 0 aliphatic carbocycles. The van der Waals surface area contributed by atoms with Crippen molar-refractivity contribution in [2.45, 2.75) is 32.4 Å². The molecule has 1 nitrogen and oxygen atoms in total. The standard InChI is InChI=1S/C13H18Cl2FNS/c1-4-9(7-18-3)17-8(2)12-10(14)5-6-11(16)13(12)15/h5-6,8-9,17H,4,7H2,1-3H3. The van der Waals surface area contributed by atoms with E-state index in [0.717, 1.165) is 12.2 Å². The summed E-state index contributed by atoms with van der Waals surface area (Å²) < 4.78 is 13.5. The second-order valence-corrected chi connectivity index (χ2v) is 5.90. The summed E-state index contributed by atoms with van der Waals surface area (Å²) in [5, 5.41) is 4.05. The average molecular weight is 310 g/mol. The van der Waals surface area contributed by atoms with E-state index in [1.54, 1.807) is 17.8 Å². The summed E-state index contributed by atoms with van der Waals surface area (Å²) in [5.41, 5.74) is 0.637. The quantitative estimate of drug-likeness (QED) is 0.748. The third-order valence-electron chi connectivity index (χ3n) is 2.86. The minimum absolute atomic E-state index is 0.0715. The zero-order chi connectivity index (χ0) is 13.7. The van der Waals surface area contributed by atoms with Crippen LogP contribution in [-0.2, 0) is 0 Å². The van der Waals surface area contributed by atoms with E-state index in [1.165, 1.54) is 6.07 Å². The number of hydrogen-bond donors (Lipinski definition) is 1. The Morgan fingerprint density at radius 2 is 2.06 bits per heavy atom. The van der Waals surface area contributed by atoms with Gasteiger partial charge in [0.1, 0.15) is 5.82 Å². The number of benzene rings is 1. The Morgan fingerprint density at radius 3 is 2.61 bits per heavy atom. The average Bonchev–Trinajstić information content (AvgIpc) is 2.34. The van der Waals surface area contributed by atoms with Crippen molar-refractivity contribution >= 4 is 35.0 Å². The first-order valence-electron chi connectivity index (χ1n) is 5.89. The van der Waals surface area contributed by atoms with Crippen molar-refractivity contribution in [2.24, 2.45) is 0 Å². The molecule has 2 atom stereocenters. The maximum Gasteiger partial charge on any atom is 0.142 e. The molecule has 0 saturated carbocycles. The Kier molecular flexibility index (Phi) is 6.78.